The lowest BCUT2D eigenvalue weighted by molar-refractivity contribution is -0.100. The monoisotopic (exact) mass is 270 g/mol. The second-order valence-corrected chi connectivity index (χ2v) is 5.32. The van der Waals surface area contributed by atoms with E-state index in [-0.39, 0.29) is 5.38 Å². The average Bonchev–Trinajstić information content (AvgIpc) is 2.39. The van der Waals surface area contributed by atoms with Crippen molar-refractivity contribution >= 4 is 11.6 Å². The van der Waals surface area contributed by atoms with Gasteiger partial charge in [-0.2, -0.15) is 0 Å². The second kappa shape index (κ2) is 5.51. The molecular formula is C13H19ClN2O2. The first-order valence-corrected chi connectivity index (χ1v) is 6.64. The Morgan fingerprint density at radius 2 is 2.11 bits per heavy atom. The number of aryl methyl sites for hydroxylation is 1. The van der Waals surface area contributed by atoms with Crippen LogP contribution < -0.4 is 0 Å². The number of hydrogen-bond acceptors (Lipinski definition) is 4. The summed E-state index contributed by atoms with van der Waals surface area (Å²) in [5.74, 6) is 0.742. The summed E-state index contributed by atoms with van der Waals surface area (Å²) < 4.78 is 11.1. The molecule has 0 N–H and O–H groups in total. The van der Waals surface area contributed by atoms with E-state index in [0.29, 0.717) is 13.2 Å². The summed E-state index contributed by atoms with van der Waals surface area (Å²) in [5, 5.41) is -0.0766. The van der Waals surface area contributed by atoms with Crippen LogP contribution in [0.3, 0.4) is 0 Å². The van der Waals surface area contributed by atoms with Crippen molar-refractivity contribution in [3.05, 3.63) is 23.3 Å². The van der Waals surface area contributed by atoms with Gasteiger partial charge in [-0.05, 0) is 13.8 Å². The zero-order chi connectivity index (χ0) is 13.2. The molecule has 0 saturated carbocycles. The number of nitrogens with zero attached hydrogens (tertiary/aromatic N) is 2. The SMILES string of the molecule is COC1(c2ncc(C(C)Cl)c(C)n2)CCOCC1. The molecule has 1 unspecified atom stereocenters. The number of ether oxygens (including phenoxy) is 2. The minimum atomic E-state index is -0.406. The zero-order valence-corrected chi connectivity index (χ0v) is 11.8. The first kappa shape index (κ1) is 13.7. The molecule has 0 radical (unpaired) electrons. The lowest BCUT2D eigenvalue weighted by atomic mass is 9.92. The highest BCUT2D eigenvalue weighted by atomic mass is 35.5. The maximum Gasteiger partial charge on any atom is 0.160 e. The van der Waals surface area contributed by atoms with Crippen molar-refractivity contribution in [1.29, 1.82) is 0 Å². The highest BCUT2D eigenvalue weighted by molar-refractivity contribution is 6.20. The number of alkyl halides is 1. The fourth-order valence-electron chi connectivity index (χ4n) is 2.31. The molecule has 2 rings (SSSR count). The van der Waals surface area contributed by atoms with Gasteiger partial charge in [0, 0.05) is 50.6 Å². The van der Waals surface area contributed by atoms with Crippen molar-refractivity contribution in [2.24, 2.45) is 0 Å². The predicted molar refractivity (Wildman–Crippen MR) is 69.8 cm³/mol. The Balaban J connectivity index is 2.34. The van der Waals surface area contributed by atoms with Crippen molar-refractivity contribution < 1.29 is 9.47 Å². The quantitative estimate of drug-likeness (QED) is 0.792. The van der Waals surface area contributed by atoms with E-state index in [1.165, 1.54) is 0 Å². The minimum absolute atomic E-state index is 0.0766. The topological polar surface area (TPSA) is 44.2 Å². The van der Waals surface area contributed by atoms with Gasteiger partial charge in [-0.15, -0.1) is 11.6 Å². The first-order chi connectivity index (χ1) is 8.59. The van der Waals surface area contributed by atoms with Gasteiger partial charge < -0.3 is 9.47 Å². The van der Waals surface area contributed by atoms with Crippen LogP contribution in [0.5, 0.6) is 0 Å². The Morgan fingerprint density at radius 3 is 2.61 bits per heavy atom. The smallest absolute Gasteiger partial charge is 0.160 e. The summed E-state index contributed by atoms with van der Waals surface area (Å²) in [6.07, 6.45) is 3.39. The van der Waals surface area contributed by atoms with Crippen LogP contribution >= 0.6 is 11.6 Å². The highest BCUT2D eigenvalue weighted by Gasteiger charge is 2.37. The van der Waals surface area contributed by atoms with Gasteiger partial charge in [0.25, 0.3) is 0 Å². The van der Waals surface area contributed by atoms with Crippen molar-refractivity contribution in [3.8, 4) is 0 Å². The third kappa shape index (κ3) is 2.51. The Bertz CT molecular complexity index is 417. The summed E-state index contributed by atoms with van der Waals surface area (Å²) in [6.45, 7) is 5.25. The van der Waals surface area contributed by atoms with Crippen LogP contribution in [0.1, 0.15) is 42.2 Å². The second-order valence-electron chi connectivity index (χ2n) is 4.66. The largest absolute Gasteiger partial charge is 0.381 e. The number of methoxy groups -OCH3 is 1. The lowest BCUT2D eigenvalue weighted by Crippen LogP contribution is -2.37. The molecule has 2 heterocycles. The Kier molecular flexibility index (Phi) is 4.20. The molecule has 0 spiro atoms. The minimum Gasteiger partial charge on any atom is -0.381 e. The van der Waals surface area contributed by atoms with E-state index >= 15 is 0 Å². The standard InChI is InChI=1S/C13H19ClN2O2/c1-9(14)11-8-15-12(16-10(11)2)13(17-3)4-6-18-7-5-13/h8-9H,4-7H2,1-3H3. The fourth-order valence-corrected chi connectivity index (χ4v) is 2.52. The van der Waals surface area contributed by atoms with E-state index < -0.39 is 5.60 Å². The molecule has 1 aliphatic rings. The van der Waals surface area contributed by atoms with E-state index in [4.69, 9.17) is 21.1 Å². The van der Waals surface area contributed by atoms with Gasteiger partial charge in [0.15, 0.2) is 5.82 Å². The van der Waals surface area contributed by atoms with Gasteiger partial charge in [-0.3, -0.25) is 0 Å². The summed E-state index contributed by atoms with van der Waals surface area (Å²) in [6, 6.07) is 0. The van der Waals surface area contributed by atoms with Gasteiger partial charge in [-0.25, -0.2) is 9.97 Å². The predicted octanol–water partition coefficient (Wildman–Crippen LogP) is 2.74. The van der Waals surface area contributed by atoms with Gasteiger partial charge in [0.05, 0.1) is 5.38 Å². The molecule has 1 aliphatic heterocycles. The van der Waals surface area contributed by atoms with Crippen LogP contribution in [0, 0.1) is 6.92 Å². The molecule has 5 heteroatoms. The Labute approximate surface area is 113 Å². The molecule has 1 aromatic rings. The average molecular weight is 271 g/mol. The summed E-state index contributed by atoms with van der Waals surface area (Å²) in [5.41, 5.74) is 1.49. The van der Waals surface area contributed by atoms with Crippen LogP contribution in [-0.2, 0) is 15.1 Å². The maximum atomic E-state index is 6.08. The third-order valence-corrected chi connectivity index (χ3v) is 3.78. The molecule has 1 aromatic heterocycles. The molecular weight excluding hydrogens is 252 g/mol. The van der Waals surface area contributed by atoms with Gasteiger partial charge >= 0.3 is 0 Å². The molecule has 4 nitrogen and oxygen atoms in total. The fraction of sp³-hybridized carbons (Fsp3) is 0.692. The number of aromatic nitrogens is 2. The van der Waals surface area contributed by atoms with Gasteiger partial charge in [0.2, 0.25) is 0 Å². The normalized spacial score (nSPS) is 20.7. The van der Waals surface area contributed by atoms with E-state index in [1.54, 1.807) is 7.11 Å². The van der Waals surface area contributed by atoms with E-state index in [1.807, 2.05) is 20.0 Å². The van der Waals surface area contributed by atoms with Crippen LogP contribution in [0.25, 0.3) is 0 Å². The number of rotatable bonds is 3. The Morgan fingerprint density at radius 1 is 1.44 bits per heavy atom. The lowest BCUT2D eigenvalue weighted by Gasteiger charge is -2.34. The first-order valence-electron chi connectivity index (χ1n) is 6.20. The number of halogens is 1. The molecule has 0 aliphatic carbocycles. The molecule has 1 atom stereocenters. The molecule has 1 fully saturated rings. The van der Waals surface area contributed by atoms with E-state index in [2.05, 4.69) is 9.97 Å². The van der Waals surface area contributed by atoms with E-state index in [9.17, 15) is 0 Å². The molecule has 18 heavy (non-hydrogen) atoms. The van der Waals surface area contributed by atoms with Crippen molar-refractivity contribution in [1.82, 2.24) is 9.97 Å². The highest BCUT2D eigenvalue weighted by Crippen LogP contribution is 2.34. The van der Waals surface area contributed by atoms with Crippen molar-refractivity contribution in [2.45, 2.75) is 37.7 Å². The van der Waals surface area contributed by atoms with Crippen LogP contribution in [0.4, 0.5) is 0 Å². The molecule has 0 bridgehead atoms. The zero-order valence-electron chi connectivity index (χ0n) is 11.1. The third-order valence-electron chi connectivity index (χ3n) is 3.54. The van der Waals surface area contributed by atoms with Crippen LogP contribution in [0.2, 0.25) is 0 Å². The van der Waals surface area contributed by atoms with Crippen LogP contribution in [0.15, 0.2) is 6.20 Å². The van der Waals surface area contributed by atoms with Gasteiger partial charge in [-0.1, -0.05) is 0 Å². The van der Waals surface area contributed by atoms with Gasteiger partial charge in [0.1, 0.15) is 5.60 Å². The molecule has 0 aromatic carbocycles. The maximum absolute atomic E-state index is 6.08. The summed E-state index contributed by atoms with van der Waals surface area (Å²) in [4.78, 5) is 9.04. The Hall–Kier alpha value is -0.710. The van der Waals surface area contributed by atoms with Crippen LogP contribution in [-0.4, -0.2) is 30.3 Å². The summed E-state index contributed by atoms with van der Waals surface area (Å²) in [7, 11) is 1.71. The molecule has 1 saturated heterocycles. The van der Waals surface area contributed by atoms with Crippen molar-refractivity contribution in [2.75, 3.05) is 20.3 Å². The molecule has 0 amide bonds. The molecule has 100 valence electrons. The van der Waals surface area contributed by atoms with Crippen molar-refractivity contribution in [3.63, 3.8) is 0 Å². The summed E-state index contributed by atoms with van der Waals surface area (Å²) >= 11 is 6.08. The van der Waals surface area contributed by atoms with E-state index in [0.717, 1.165) is 29.9 Å². The number of hydrogen-bond donors (Lipinski definition) is 0.